The highest BCUT2D eigenvalue weighted by Crippen LogP contribution is 2.30. The average Bonchev–Trinajstić information content (AvgIpc) is 3.17. The van der Waals surface area contributed by atoms with E-state index in [1.165, 1.54) is 12.8 Å². The lowest BCUT2D eigenvalue weighted by atomic mass is 10.2. The second-order valence-electron chi connectivity index (χ2n) is 5.41. The number of rotatable bonds is 5. The monoisotopic (exact) mass is 276 g/mol. The Bertz CT molecular complexity index is 634. The molecule has 2 heterocycles. The summed E-state index contributed by atoms with van der Waals surface area (Å²) in [5.41, 5.74) is 7.59. The van der Waals surface area contributed by atoms with Gasteiger partial charge in [0.15, 0.2) is 0 Å². The quantitative estimate of drug-likeness (QED) is 0.857. The molecule has 108 valence electrons. The molecule has 0 bridgehead atoms. The minimum Gasteiger partial charge on any atom is -0.443 e. The zero-order valence-corrected chi connectivity index (χ0v) is 11.9. The number of aromatic nitrogens is 2. The number of nitrogen functional groups attached to an aromatic ring is 1. The van der Waals surface area contributed by atoms with E-state index in [1.54, 1.807) is 0 Å². The lowest BCUT2D eigenvalue weighted by Crippen LogP contribution is -2.29. The molecule has 0 spiro atoms. The first-order chi connectivity index (χ1) is 9.60. The molecule has 0 saturated heterocycles. The molecule has 0 amide bonds. The number of aliphatic hydroxyl groups is 1. The molecule has 3 N–H and O–H groups in total. The van der Waals surface area contributed by atoms with E-state index in [2.05, 4.69) is 14.9 Å². The molecule has 20 heavy (non-hydrogen) atoms. The number of fused-ring (bicyclic) bond motifs is 1. The minimum absolute atomic E-state index is 0.146. The van der Waals surface area contributed by atoms with E-state index in [0.29, 0.717) is 36.5 Å². The number of nitrogens with zero attached hydrogens (tertiary/aromatic N) is 3. The van der Waals surface area contributed by atoms with Gasteiger partial charge in [-0.05, 0) is 26.7 Å². The third kappa shape index (κ3) is 2.36. The van der Waals surface area contributed by atoms with Crippen molar-refractivity contribution in [3.05, 3.63) is 17.1 Å². The second-order valence-corrected chi connectivity index (χ2v) is 5.41. The number of aliphatic hydroxyl groups excluding tert-OH is 1. The minimum atomic E-state index is 0.146. The fourth-order valence-electron chi connectivity index (χ4n) is 2.54. The Morgan fingerprint density at radius 3 is 2.75 bits per heavy atom. The molecule has 1 aliphatic carbocycles. The summed E-state index contributed by atoms with van der Waals surface area (Å²) in [6, 6.07) is 0.544. The van der Waals surface area contributed by atoms with Crippen molar-refractivity contribution >= 4 is 16.9 Å². The first kappa shape index (κ1) is 13.3. The van der Waals surface area contributed by atoms with Crippen LogP contribution in [0.3, 0.4) is 0 Å². The summed E-state index contributed by atoms with van der Waals surface area (Å²) in [6.07, 6.45) is 2.35. The van der Waals surface area contributed by atoms with Gasteiger partial charge in [0.05, 0.1) is 18.5 Å². The van der Waals surface area contributed by atoms with Crippen molar-refractivity contribution in [1.29, 1.82) is 0 Å². The number of hydrogen-bond donors (Lipinski definition) is 2. The Morgan fingerprint density at radius 2 is 2.10 bits per heavy atom. The van der Waals surface area contributed by atoms with Crippen LogP contribution in [0.2, 0.25) is 0 Å². The number of furan rings is 1. The van der Waals surface area contributed by atoms with Crippen LogP contribution in [0.4, 0.5) is 5.82 Å². The Morgan fingerprint density at radius 1 is 1.35 bits per heavy atom. The molecule has 1 fully saturated rings. The van der Waals surface area contributed by atoms with Gasteiger partial charge in [-0.2, -0.15) is 4.98 Å². The average molecular weight is 276 g/mol. The predicted molar refractivity (Wildman–Crippen MR) is 76.2 cm³/mol. The molecule has 0 aromatic carbocycles. The molecule has 1 aliphatic rings. The van der Waals surface area contributed by atoms with Gasteiger partial charge in [0.25, 0.3) is 0 Å². The van der Waals surface area contributed by atoms with E-state index in [0.717, 1.165) is 16.7 Å². The van der Waals surface area contributed by atoms with Crippen molar-refractivity contribution < 1.29 is 9.52 Å². The summed E-state index contributed by atoms with van der Waals surface area (Å²) >= 11 is 0. The SMILES string of the molecule is Cc1oc2nc(CN(CCO)C3CC3)nc(N)c2c1C. The third-order valence-electron chi connectivity index (χ3n) is 3.90. The van der Waals surface area contributed by atoms with E-state index in [1.807, 2.05) is 13.8 Å². The van der Waals surface area contributed by atoms with Gasteiger partial charge in [-0.15, -0.1) is 0 Å². The first-order valence-corrected chi connectivity index (χ1v) is 6.97. The number of anilines is 1. The Balaban J connectivity index is 1.91. The van der Waals surface area contributed by atoms with Crippen LogP contribution < -0.4 is 5.73 Å². The fraction of sp³-hybridized carbons (Fsp3) is 0.571. The summed E-state index contributed by atoms with van der Waals surface area (Å²) in [5.74, 6) is 1.95. The molecule has 0 atom stereocenters. The van der Waals surface area contributed by atoms with Gasteiger partial charge in [-0.1, -0.05) is 0 Å². The maximum absolute atomic E-state index is 9.13. The van der Waals surface area contributed by atoms with Crippen LogP contribution in [0.1, 0.15) is 30.0 Å². The summed E-state index contributed by atoms with van der Waals surface area (Å²) < 4.78 is 5.64. The lowest BCUT2D eigenvalue weighted by Gasteiger charge is -2.19. The predicted octanol–water partition coefficient (Wildman–Crippen LogP) is 1.38. The highest BCUT2D eigenvalue weighted by Gasteiger charge is 2.29. The van der Waals surface area contributed by atoms with Gasteiger partial charge in [-0.25, -0.2) is 4.98 Å². The summed E-state index contributed by atoms with van der Waals surface area (Å²) in [5, 5.41) is 9.94. The molecule has 6 heteroatoms. The zero-order valence-electron chi connectivity index (χ0n) is 11.9. The van der Waals surface area contributed by atoms with Crippen LogP contribution in [0.5, 0.6) is 0 Å². The lowest BCUT2D eigenvalue weighted by molar-refractivity contribution is 0.180. The van der Waals surface area contributed by atoms with Gasteiger partial charge < -0.3 is 15.3 Å². The van der Waals surface area contributed by atoms with Crippen molar-refractivity contribution in [2.75, 3.05) is 18.9 Å². The van der Waals surface area contributed by atoms with E-state index in [4.69, 9.17) is 15.3 Å². The Hall–Kier alpha value is -1.66. The number of hydrogen-bond acceptors (Lipinski definition) is 6. The second kappa shape index (κ2) is 5.03. The van der Waals surface area contributed by atoms with Crippen molar-refractivity contribution in [3.63, 3.8) is 0 Å². The largest absolute Gasteiger partial charge is 0.443 e. The topological polar surface area (TPSA) is 88.4 Å². The Kier molecular flexibility index (Phi) is 3.35. The number of aryl methyl sites for hydroxylation is 2. The molecule has 6 nitrogen and oxygen atoms in total. The van der Waals surface area contributed by atoms with Gasteiger partial charge >= 0.3 is 0 Å². The van der Waals surface area contributed by atoms with Crippen molar-refractivity contribution in [2.45, 2.75) is 39.3 Å². The van der Waals surface area contributed by atoms with Crippen LogP contribution in [0, 0.1) is 13.8 Å². The van der Waals surface area contributed by atoms with Crippen LogP contribution in [-0.4, -0.2) is 39.2 Å². The molecular weight excluding hydrogens is 256 g/mol. The van der Waals surface area contributed by atoms with Gasteiger partial charge in [-0.3, -0.25) is 4.90 Å². The van der Waals surface area contributed by atoms with Gasteiger partial charge in [0.1, 0.15) is 17.4 Å². The van der Waals surface area contributed by atoms with Gasteiger partial charge in [0, 0.05) is 18.2 Å². The van der Waals surface area contributed by atoms with Gasteiger partial charge in [0.2, 0.25) is 5.71 Å². The summed E-state index contributed by atoms with van der Waals surface area (Å²) in [4.78, 5) is 11.1. The van der Waals surface area contributed by atoms with E-state index in [9.17, 15) is 0 Å². The third-order valence-corrected chi connectivity index (χ3v) is 3.90. The summed E-state index contributed by atoms with van der Waals surface area (Å²) in [7, 11) is 0. The molecule has 3 rings (SSSR count). The maximum atomic E-state index is 9.13. The number of nitrogens with two attached hydrogens (primary N) is 1. The van der Waals surface area contributed by atoms with Crippen LogP contribution >= 0.6 is 0 Å². The molecular formula is C14H20N4O2. The summed E-state index contributed by atoms with van der Waals surface area (Å²) in [6.45, 7) is 5.25. The standard InChI is InChI=1S/C14H20N4O2/c1-8-9(2)20-14-12(8)13(15)16-11(17-14)7-18(5-6-19)10-3-4-10/h10,19H,3-7H2,1-2H3,(H2,15,16,17). The first-order valence-electron chi connectivity index (χ1n) is 6.97. The van der Waals surface area contributed by atoms with Crippen LogP contribution in [0.25, 0.3) is 11.1 Å². The van der Waals surface area contributed by atoms with Crippen molar-refractivity contribution in [1.82, 2.24) is 14.9 Å². The van der Waals surface area contributed by atoms with Crippen molar-refractivity contribution in [3.8, 4) is 0 Å². The van der Waals surface area contributed by atoms with E-state index in [-0.39, 0.29) is 6.61 Å². The highest BCUT2D eigenvalue weighted by atomic mass is 16.3. The molecule has 2 aromatic rings. The molecule has 2 aromatic heterocycles. The molecule has 0 aliphatic heterocycles. The molecule has 1 saturated carbocycles. The normalized spacial score (nSPS) is 15.4. The van der Waals surface area contributed by atoms with Crippen LogP contribution in [-0.2, 0) is 6.54 Å². The van der Waals surface area contributed by atoms with Crippen LogP contribution in [0.15, 0.2) is 4.42 Å². The van der Waals surface area contributed by atoms with E-state index < -0.39 is 0 Å². The molecule has 0 radical (unpaired) electrons. The zero-order chi connectivity index (χ0) is 14.3. The molecule has 0 unspecified atom stereocenters. The van der Waals surface area contributed by atoms with E-state index >= 15 is 0 Å². The smallest absolute Gasteiger partial charge is 0.231 e. The highest BCUT2D eigenvalue weighted by molar-refractivity contribution is 5.88. The Labute approximate surface area is 117 Å². The van der Waals surface area contributed by atoms with Crippen molar-refractivity contribution in [2.24, 2.45) is 0 Å². The maximum Gasteiger partial charge on any atom is 0.231 e. The fourth-order valence-corrected chi connectivity index (χ4v) is 2.54.